The van der Waals surface area contributed by atoms with Crippen LogP contribution in [0.2, 0.25) is 0 Å². The first kappa shape index (κ1) is 17.8. The largest absolute Gasteiger partial charge is 0.346 e. The SMILES string of the molecule is CC.CC.O=C(NCc1ccccn1)c1ccncc1. The molecule has 0 aromatic carbocycles. The van der Waals surface area contributed by atoms with Crippen molar-refractivity contribution in [1.82, 2.24) is 15.3 Å². The van der Waals surface area contributed by atoms with Crippen LogP contribution in [-0.4, -0.2) is 15.9 Å². The zero-order chi connectivity index (χ0) is 15.2. The van der Waals surface area contributed by atoms with Gasteiger partial charge in [0, 0.05) is 24.2 Å². The molecule has 0 unspecified atom stereocenters. The van der Waals surface area contributed by atoms with Crippen LogP contribution < -0.4 is 5.32 Å². The van der Waals surface area contributed by atoms with Gasteiger partial charge < -0.3 is 5.32 Å². The van der Waals surface area contributed by atoms with Crippen molar-refractivity contribution in [1.29, 1.82) is 0 Å². The number of nitrogens with one attached hydrogen (secondary N) is 1. The third kappa shape index (κ3) is 6.64. The highest BCUT2D eigenvalue weighted by atomic mass is 16.1. The molecule has 0 bridgehead atoms. The molecule has 1 amide bonds. The molecule has 2 aromatic heterocycles. The molecule has 0 atom stereocenters. The van der Waals surface area contributed by atoms with E-state index in [2.05, 4.69) is 15.3 Å². The van der Waals surface area contributed by atoms with Crippen molar-refractivity contribution in [2.24, 2.45) is 0 Å². The van der Waals surface area contributed by atoms with Crippen molar-refractivity contribution in [3.05, 3.63) is 60.2 Å². The summed E-state index contributed by atoms with van der Waals surface area (Å²) in [5.41, 5.74) is 1.44. The predicted octanol–water partition coefficient (Wildman–Crippen LogP) is 3.46. The van der Waals surface area contributed by atoms with Crippen LogP contribution in [0.1, 0.15) is 43.7 Å². The quantitative estimate of drug-likeness (QED) is 0.931. The number of hydrogen-bond acceptors (Lipinski definition) is 3. The molecule has 0 saturated heterocycles. The normalized spacial score (nSPS) is 8.40. The third-order valence-electron chi connectivity index (χ3n) is 2.10. The van der Waals surface area contributed by atoms with E-state index in [9.17, 15) is 4.79 Å². The summed E-state index contributed by atoms with van der Waals surface area (Å²) < 4.78 is 0. The molecule has 20 heavy (non-hydrogen) atoms. The summed E-state index contributed by atoms with van der Waals surface area (Å²) in [6, 6.07) is 8.95. The summed E-state index contributed by atoms with van der Waals surface area (Å²) >= 11 is 0. The Hall–Kier alpha value is -2.23. The summed E-state index contributed by atoms with van der Waals surface area (Å²) in [7, 11) is 0. The van der Waals surface area contributed by atoms with Crippen molar-refractivity contribution < 1.29 is 4.79 Å². The van der Waals surface area contributed by atoms with Gasteiger partial charge in [0.05, 0.1) is 12.2 Å². The minimum absolute atomic E-state index is 0.118. The minimum atomic E-state index is -0.118. The summed E-state index contributed by atoms with van der Waals surface area (Å²) in [5.74, 6) is -0.118. The van der Waals surface area contributed by atoms with Gasteiger partial charge in [0.1, 0.15) is 0 Å². The Morgan fingerprint density at radius 3 is 2.20 bits per heavy atom. The van der Waals surface area contributed by atoms with Crippen LogP contribution in [-0.2, 0) is 6.54 Å². The van der Waals surface area contributed by atoms with Gasteiger partial charge in [0.15, 0.2) is 0 Å². The fourth-order valence-electron chi connectivity index (χ4n) is 1.28. The minimum Gasteiger partial charge on any atom is -0.346 e. The number of carbonyl (C=O) groups is 1. The highest BCUT2D eigenvalue weighted by Gasteiger charge is 2.03. The second-order valence-corrected chi connectivity index (χ2v) is 3.24. The Kier molecular flexibility index (Phi) is 10.5. The Labute approximate surface area is 121 Å². The first-order valence-corrected chi connectivity index (χ1v) is 6.94. The van der Waals surface area contributed by atoms with Crippen LogP contribution in [0, 0.1) is 0 Å². The Bertz CT molecular complexity index is 458. The Morgan fingerprint density at radius 2 is 1.65 bits per heavy atom. The maximum Gasteiger partial charge on any atom is 0.251 e. The van der Waals surface area contributed by atoms with E-state index < -0.39 is 0 Å². The van der Waals surface area contributed by atoms with Crippen molar-refractivity contribution in [3.63, 3.8) is 0 Å². The van der Waals surface area contributed by atoms with Crippen LogP contribution in [0.5, 0.6) is 0 Å². The number of rotatable bonds is 3. The van der Waals surface area contributed by atoms with E-state index in [0.29, 0.717) is 12.1 Å². The topological polar surface area (TPSA) is 54.9 Å². The van der Waals surface area contributed by atoms with Gasteiger partial charge in [-0.05, 0) is 24.3 Å². The summed E-state index contributed by atoms with van der Waals surface area (Å²) in [4.78, 5) is 19.6. The van der Waals surface area contributed by atoms with Crippen LogP contribution in [0.15, 0.2) is 48.9 Å². The Morgan fingerprint density at radius 1 is 1.00 bits per heavy atom. The van der Waals surface area contributed by atoms with E-state index in [4.69, 9.17) is 0 Å². The molecule has 2 aromatic rings. The number of nitrogens with zero attached hydrogens (tertiary/aromatic N) is 2. The maximum absolute atomic E-state index is 11.7. The van der Waals surface area contributed by atoms with Crippen molar-refractivity contribution in [2.45, 2.75) is 34.2 Å². The molecule has 1 N–H and O–H groups in total. The summed E-state index contributed by atoms with van der Waals surface area (Å²) in [6.07, 6.45) is 4.89. The van der Waals surface area contributed by atoms with Gasteiger partial charge in [-0.25, -0.2) is 0 Å². The Balaban J connectivity index is 0.000000829. The average molecular weight is 273 g/mol. The molecule has 4 heteroatoms. The zero-order valence-corrected chi connectivity index (χ0v) is 12.6. The van der Waals surface area contributed by atoms with Crippen LogP contribution in [0.3, 0.4) is 0 Å². The number of hydrogen-bond donors (Lipinski definition) is 1. The molecule has 0 aliphatic heterocycles. The predicted molar refractivity (Wildman–Crippen MR) is 82.3 cm³/mol. The van der Waals surface area contributed by atoms with E-state index in [1.54, 1.807) is 30.7 Å². The van der Waals surface area contributed by atoms with Gasteiger partial charge in [-0.15, -0.1) is 0 Å². The summed E-state index contributed by atoms with van der Waals surface area (Å²) in [6.45, 7) is 8.43. The third-order valence-corrected chi connectivity index (χ3v) is 2.10. The smallest absolute Gasteiger partial charge is 0.251 e. The lowest BCUT2D eigenvalue weighted by Gasteiger charge is -2.03. The standard InChI is InChI=1S/C12H11N3O.2C2H6/c16-12(10-4-7-13-8-5-10)15-9-11-3-1-2-6-14-11;2*1-2/h1-8H,9H2,(H,15,16);2*1-2H3. The van der Waals surface area contributed by atoms with E-state index in [0.717, 1.165) is 5.69 Å². The average Bonchev–Trinajstić information content (AvgIpc) is 2.58. The highest BCUT2D eigenvalue weighted by molar-refractivity contribution is 5.93. The first-order valence-electron chi connectivity index (χ1n) is 6.94. The fraction of sp³-hybridized carbons (Fsp3) is 0.312. The summed E-state index contributed by atoms with van der Waals surface area (Å²) in [5, 5.41) is 2.79. The zero-order valence-electron chi connectivity index (χ0n) is 12.6. The molecule has 2 rings (SSSR count). The van der Waals surface area contributed by atoms with Gasteiger partial charge in [-0.3, -0.25) is 14.8 Å². The van der Waals surface area contributed by atoms with Crippen molar-refractivity contribution in [2.75, 3.05) is 0 Å². The molecular weight excluding hydrogens is 250 g/mol. The lowest BCUT2D eigenvalue weighted by molar-refractivity contribution is 0.0950. The molecule has 0 spiro atoms. The lowest BCUT2D eigenvalue weighted by Crippen LogP contribution is -2.23. The van der Waals surface area contributed by atoms with Crippen molar-refractivity contribution >= 4 is 5.91 Å². The molecule has 108 valence electrons. The van der Waals surface area contributed by atoms with E-state index in [1.165, 1.54) is 0 Å². The second-order valence-electron chi connectivity index (χ2n) is 3.24. The van der Waals surface area contributed by atoms with Crippen LogP contribution >= 0.6 is 0 Å². The number of carbonyl (C=O) groups excluding carboxylic acids is 1. The molecule has 0 aliphatic carbocycles. The van der Waals surface area contributed by atoms with Crippen molar-refractivity contribution in [3.8, 4) is 0 Å². The second kappa shape index (κ2) is 11.8. The van der Waals surface area contributed by atoms with Gasteiger partial charge in [-0.1, -0.05) is 33.8 Å². The van der Waals surface area contributed by atoms with Crippen LogP contribution in [0.25, 0.3) is 0 Å². The number of amides is 1. The van der Waals surface area contributed by atoms with Gasteiger partial charge in [-0.2, -0.15) is 0 Å². The molecule has 0 radical (unpaired) electrons. The number of pyridine rings is 2. The lowest BCUT2D eigenvalue weighted by atomic mass is 10.2. The van der Waals surface area contributed by atoms with E-state index in [1.807, 2.05) is 45.9 Å². The van der Waals surface area contributed by atoms with Gasteiger partial charge >= 0.3 is 0 Å². The first-order chi connectivity index (χ1) is 9.86. The molecule has 0 fully saturated rings. The molecule has 0 saturated carbocycles. The fourth-order valence-corrected chi connectivity index (χ4v) is 1.28. The van der Waals surface area contributed by atoms with Gasteiger partial charge in [0.25, 0.3) is 5.91 Å². The number of aromatic nitrogens is 2. The molecule has 2 heterocycles. The maximum atomic E-state index is 11.7. The molecular formula is C16H23N3O. The highest BCUT2D eigenvalue weighted by Crippen LogP contribution is 1.97. The monoisotopic (exact) mass is 273 g/mol. The molecule has 4 nitrogen and oxygen atoms in total. The van der Waals surface area contributed by atoms with Gasteiger partial charge in [0.2, 0.25) is 0 Å². The van der Waals surface area contributed by atoms with E-state index in [-0.39, 0.29) is 5.91 Å². The van der Waals surface area contributed by atoms with E-state index >= 15 is 0 Å². The van der Waals surface area contributed by atoms with Crippen LogP contribution in [0.4, 0.5) is 0 Å². The molecule has 0 aliphatic rings.